The van der Waals surface area contributed by atoms with Crippen LogP contribution in [0.3, 0.4) is 0 Å². The Kier molecular flexibility index (Phi) is 4.99. The van der Waals surface area contributed by atoms with Gasteiger partial charge in [0, 0.05) is 0 Å². The first-order valence-corrected chi connectivity index (χ1v) is 7.09. The SMILES string of the molecule is CC(C)OC(=O)C(C)Oc1ccc(-c2ccccc2)cc1. The molecule has 0 saturated heterocycles. The lowest BCUT2D eigenvalue weighted by Gasteiger charge is -2.16. The maximum Gasteiger partial charge on any atom is 0.347 e. The molecule has 0 fully saturated rings. The van der Waals surface area contributed by atoms with E-state index in [1.54, 1.807) is 6.92 Å². The predicted octanol–water partition coefficient (Wildman–Crippen LogP) is 4.07. The van der Waals surface area contributed by atoms with E-state index in [0.717, 1.165) is 11.1 Å². The molecule has 0 aliphatic heterocycles. The Hall–Kier alpha value is -2.29. The van der Waals surface area contributed by atoms with Gasteiger partial charge in [0.25, 0.3) is 0 Å². The molecule has 1 unspecified atom stereocenters. The quantitative estimate of drug-likeness (QED) is 0.776. The second-order valence-corrected chi connectivity index (χ2v) is 5.14. The summed E-state index contributed by atoms with van der Waals surface area (Å²) in [5.41, 5.74) is 2.26. The largest absolute Gasteiger partial charge is 0.479 e. The fourth-order valence-electron chi connectivity index (χ4n) is 1.94. The third-order valence-electron chi connectivity index (χ3n) is 2.96. The zero-order valence-electron chi connectivity index (χ0n) is 12.6. The van der Waals surface area contributed by atoms with Gasteiger partial charge in [-0.15, -0.1) is 0 Å². The summed E-state index contributed by atoms with van der Waals surface area (Å²) in [5, 5.41) is 0. The van der Waals surface area contributed by atoms with Crippen molar-refractivity contribution in [2.24, 2.45) is 0 Å². The molecular weight excluding hydrogens is 264 g/mol. The van der Waals surface area contributed by atoms with Crippen LogP contribution in [0.2, 0.25) is 0 Å². The average Bonchev–Trinajstić information content (AvgIpc) is 2.48. The first-order valence-electron chi connectivity index (χ1n) is 7.09. The number of carbonyl (C=O) groups excluding carboxylic acids is 1. The molecule has 2 aromatic rings. The molecule has 0 aromatic heterocycles. The topological polar surface area (TPSA) is 35.5 Å². The molecule has 0 heterocycles. The Morgan fingerprint density at radius 3 is 2.00 bits per heavy atom. The summed E-state index contributed by atoms with van der Waals surface area (Å²) in [4.78, 5) is 11.7. The van der Waals surface area contributed by atoms with E-state index in [2.05, 4.69) is 12.1 Å². The number of benzene rings is 2. The lowest BCUT2D eigenvalue weighted by atomic mass is 10.1. The van der Waals surface area contributed by atoms with Gasteiger partial charge in [-0.05, 0) is 44.0 Å². The number of esters is 1. The van der Waals surface area contributed by atoms with Gasteiger partial charge >= 0.3 is 5.97 Å². The van der Waals surface area contributed by atoms with E-state index >= 15 is 0 Å². The Labute approximate surface area is 125 Å². The van der Waals surface area contributed by atoms with Crippen LogP contribution < -0.4 is 4.74 Å². The van der Waals surface area contributed by atoms with Gasteiger partial charge in [-0.1, -0.05) is 42.5 Å². The van der Waals surface area contributed by atoms with Crippen molar-refractivity contribution in [3.63, 3.8) is 0 Å². The van der Waals surface area contributed by atoms with E-state index in [0.29, 0.717) is 5.75 Å². The van der Waals surface area contributed by atoms with Crippen molar-refractivity contribution < 1.29 is 14.3 Å². The van der Waals surface area contributed by atoms with E-state index in [4.69, 9.17) is 9.47 Å². The Bertz CT molecular complexity index is 573. The summed E-state index contributed by atoms with van der Waals surface area (Å²) in [6, 6.07) is 17.8. The van der Waals surface area contributed by atoms with E-state index in [1.165, 1.54) is 0 Å². The van der Waals surface area contributed by atoms with Crippen molar-refractivity contribution >= 4 is 5.97 Å². The predicted molar refractivity (Wildman–Crippen MR) is 83.2 cm³/mol. The molecule has 0 saturated carbocycles. The minimum absolute atomic E-state index is 0.135. The summed E-state index contributed by atoms with van der Waals surface area (Å²) in [6.45, 7) is 5.33. The highest BCUT2D eigenvalue weighted by atomic mass is 16.6. The summed E-state index contributed by atoms with van der Waals surface area (Å²) < 4.78 is 10.7. The van der Waals surface area contributed by atoms with Crippen LogP contribution in [0.4, 0.5) is 0 Å². The number of rotatable bonds is 5. The number of ether oxygens (including phenoxy) is 2. The normalized spacial score (nSPS) is 12.0. The van der Waals surface area contributed by atoms with Crippen LogP contribution in [-0.4, -0.2) is 18.2 Å². The van der Waals surface area contributed by atoms with Gasteiger partial charge < -0.3 is 9.47 Å². The maximum atomic E-state index is 11.7. The maximum absolute atomic E-state index is 11.7. The standard InChI is InChI=1S/C18H20O3/c1-13(2)20-18(19)14(3)21-17-11-9-16(10-12-17)15-7-5-4-6-8-15/h4-14H,1-3H3. The highest BCUT2D eigenvalue weighted by molar-refractivity contribution is 5.74. The monoisotopic (exact) mass is 284 g/mol. The van der Waals surface area contributed by atoms with E-state index in [9.17, 15) is 4.79 Å². The molecule has 0 bridgehead atoms. The van der Waals surface area contributed by atoms with Crippen LogP contribution in [0, 0.1) is 0 Å². The Morgan fingerprint density at radius 2 is 1.43 bits per heavy atom. The number of carbonyl (C=O) groups is 1. The van der Waals surface area contributed by atoms with E-state index in [1.807, 2.05) is 56.3 Å². The molecule has 3 nitrogen and oxygen atoms in total. The molecule has 2 rings (SSSR count). The second-order valence-electron chi connectivity index (χ2n) is 5.14. The first-order chi connectivity index (χ1) is 10.1. The smallest absolute Gasteiger partial charge is 0.347 e. The molecule has 1 atom stereocenters. The van der Waals surface area contributed by atoms with Gasteiger partial charge in [-0.3, -0.25) is 0 Å². The van der Waals surface area contributed by atoms with Gasteiger partial charge in [-0.25, -0.2) is 4.79 Å². The van der Waals surface area contributed by atoms with Gasteiger partial charge in [0.1, 0.15) is 5.75 Å². The fraction of sp³-hybridized carbons (Fsp3) is 0.278. The van der Waals surface area contributed by atoms with E-state index in [-0.39, 0.29) is 12.1 Å². The van der Waals surface area contributed by atoms with Crippen molar-refractivity contribution in [3.8, 4) is 16.9 Å². The molecule has 0 aliphatic carbocycles. The minimum Gasteiger partial charge on any atom is -0.479 e. The van der Waals surface area contributed by atoms with Crippen LogP contribution in [0.15, 0.2) is 54.6 Å². The Balaban J connectivity index is 2.01. The van der Waals surface area contributed by atoms with Crippen LogP contribution in [-0.2, 0) is 9.53 Å². The van der Waals surface area contributed by atoms with Gasteiger partial charge in [0.15, 0.2) is 6.10 Å². The summed E-state index contributed by atoms with van der Waals surface area (Å²) in [6.07, 6.45) is -0.751. The van der Waals surface area contributed by atoms with Crippen molar-refractivity contribution in [1.29, 1.82) is 0 Å². The van der Waals surface area contributed by atoms with Crippen molar-refractivity contribution in [2.75, 3.05) is 0 Å². The average molecular weight is 284 g/mol. The molecular formula is C18H20O3. The highest BCUT2D eigenvalue weighted by Crippen LogP contribution is 2.22. The fourth-order valence-corrected chi connectivity index (χ4v) is 1.94. The zero-order valence-corrected chi connectivity index (χ0v) is 12.6. The molecule has 0 spiro atoms. The van der Waals surface area contributed by atoms with Crippen LogP contribution in [0.5, 0.6) is 5.75 Å². The third-order valence-corrected chi connectivity index (χ3v) is 2.96. The second kappa shape index (κ2) is 6.93. The number of hydrogen-bond acceptors (Lipinski definition) is 3. The molecule has 3 heteroatoms. The first kappa shape index (κ1) is 15.1. The van der Waals surface area contributed by atoms with Gasteiger partial charge in [0.05, 0.1) is 6.10 Å². The van der Waals surface area contributed by atoms with Crippen LogP contribution in [0.25, 0.3) is 11.1 Å². The Morgan fingerprint density at radius 1 is 0.857 bits per heavy atom. The van der Waals surface area contributed by atoms with Gasteiger partial charge in [-0.2, -0.15) is 0 Å². The molecule has 0 radical (unpaired) electrons. The lowest BCUT2D eigenvalue weighted by Crippen LogP contribution is -2.28. The highest BCUT2D eigenvalue weighted by Gasteiger charge is 2.17. The van der Waals surface area contributed by atoms with Gasteiger partial charge in [0.2, 0.25) is 0 Å². The molecule has 110 valence electrons. The molecule has 0 aliphatic rings. The summed E-state index contributed by atoms with van der Waals surface area (Å²) in [7, 11) is 0. The molecule has 21 heavy (non-hydrogen) atoms. The molecule has 0 amide bonds. The van der Waals surface area contributed by atoms with Crippen LogP contribution >= 0.6 is 0 Å². The number of hydrogen-bond donors (Lipinski definition) is 0. The zero-order chi connectivity index (χ0) is 15.2. The van der Waals surface area contributed by atoms with Crippen molar-refractivity contribution in [3.05, 3.63) is 54.6 Å². The molecule has 0 N–H and O–H groups in total. The summed E-state index contributed by atoms with van der Waals surface area (Å²) >= 11 is 0. The van der Waals surface area contributed by atoms with E-state index < -0.39 is 6.10 Å². The van der Waals surface area contributed by atoms with Crippen LogP contribution in [0.1, 0.15) is 20.8 Å². The molecule has 2 aromatic carbocycles. The van der Waals surface area contributed by atoms with Crippen molar-refractivity contribution in [1.82, 2.24) is 0 Å². The summed E-state index contributed by atoms with van der Waals surface area (Å²) in [5.74, 6) is 0.306. The minimum atomic E-state index is -0.616. The lowest BCUT2D eigenvalue weighted by molar-refractivity contribution is -0.154. The van der Waals surface area contributed by atoms with Crippen molar-refractivity contribution in [2.45, 2.75) is 33.0 Å². The third kappa shape index (κ3) is 4.35.